The van der Waals surface area contributed by atoms with E-state index >= 15 is 0 Å². The molecule has 0 saturated carbocycles. The van der Waals surface area contributed by atoms with Crippen molar-refractivity contribution in [3.63, 3.8) is 0 Å². The third-order valence-electron chi connectivity index (χ3n) is 2.46. The number of carboxylic acids is 2. The minimum Gasteiger partial charge on any atom is -0.480 e. The Morgan fingerprint density at radius 1 is 1.33 bits per heavy atom. The number of carbonyl (C=O) groups is 2. The van der Waals surface area contributed by atoms with Gasteiger partial charge in [0.1, 0.15) is 6.04 Å². The molecule has 106 valence electrons. The van der Waals surface area contributed by atoms with Crippen LogP contribution in [-0.2, 0) is 14.3 Å². The summed E-state index contributed by atoms with van der Waals surface area (Å²) >= 11 is 0. The smallest absolute Gasteiger partial charge is 0.480 e. The molecule has 0 unspecified atom stereocenters. The average Bonchev–Trinajstić information content (AvgIpc) is 2.58. The highest BCUT2D eigenvalue weighted by atomic mass is 19.4. The Balaban J connectivity index is 0.000000360. The number of carboxylic acid groups (broad SMARTS) is 2. The van der Waals surface area contributed by atoms with Gasteiger partial charge in [-0.25, -0.2) is 4.79 Å². The first kappa shape index (κ1) is 16.6. The number of rotatable bonds is 2. The Labute approximate surface area is 101 Å². The molecule has 0 aliphatic carbocycles. The summed E-state index contributed by atoms with van der Waals surface area (Å²) < 4.78 is 36.8. The normalized spacial score (nSPS) is 27.3. The first-order valence-corrected chi connectivity index (χ1v) is 4.90. The van der Waals surface area contributed by atoms with Gasteiger partial charge in [-0.1, -0.05) is 6.92 Å². The largest absolute Gasteiger partial charge is 0.490 e. The van der Waals surface area contributed by atoms with Crippen molar-refractivity contribution in [1.29, 1.82) is 0 Å². The molecule has 3 N–H and O–H groups in total. The van der Waals surface area contributed by atoms with E-state index in [2.05, 4.69) is 5.32 Å². The van der Waals surface area contributed by atoms with Crippen LogP contribution in [0.2, 0.25) is 0 Å². The number of halogens is 3. The van der Waals surface area contributed by atoms with E-state index in [1.54, 1.807) is 7.11 Å². The highest BCUT2D eigenvalue weighted by molar-refractivity contribution is 5.74. The molecule has 9 heteroatoms. The molecule has 3 atom stereocenters. The summed E-state index contributed by atoms with van der Waals surface area (Å²) in [4.78, 5) is 19.5. The molecule has 0 aromatic carbocycles. The van der Waals surface area contributed by atoms with Crippen LogP contribution in [0.5, 0.6) is 0 Å². The second-order valence-corrected chi connectivity index (χ2v) is 3.66. The number of nitrogens with one attached hydrogen (secondary N) is 1. The van der Waals surface area contributed by atoms with Crippen molar-refractivity contribution in [2.75, 3.05) is 13.7 Å². The second-order valence-electron chi connectivity index (χ2n) is 3.66. The third-order valence-corrected chi connectivity index (χ3v) is 2.46. The van der Waals surface area contributed by atoms with Gasteiger partial charge in [0.2, 0.25) is 0 Å². The van der Waals surface area contributed by atoms with Crippen LogP contribution in [0.15, 0.2) is 0 Å². The van der Waals surface area contributed by atoms with Gasteiger partial charge in [-0.15, -0.1) is 0 Å². The number of alkyl halides is 3. The minimum atomic E-state index is -5.08. The van der Waals surface area contributed by atoms with Crippen LogP contribution < -0.4 is 5.32 Å². The summed E-state index contributed by atoms with van der Waals surface area (Å²) in [6.07, 6.45) is -5.05. The standard InChI is InChI=1S/C7H13NO3.C2HF3O2/c1-4-5(11-2)3-8-6(4)7(9)10;3-2(4,5)1(6)7/h4-6,8H,3H2,1-2H3,(H,9,10);(H,6,7)/t4-,5+,6-;/m0./s1. The highest BCUT2D eigenvalue weighted by Crippen LogP contribution is 2.17. The Morgan fingerprint density at radius 3 is 1.94 bits per heavy atom. The molecule has 0 aromatic heterocycles. The lowest BCUT2D eigenvalue weighted by Crippen LogP contribution is -2.34. The van der Waals surface area contributed by atoms with Gasteiger partial charge >= 0.3 is 18.1 Å². The van der Waals surface area contributed by atoms with Crippen LogP contribution in [0.1, 0.15) is 6.92 Å². The van der Waals surface area contributed by atoms with E-state index in [1.165, 1.54) is 0 Å². The molecule has 0 aromatic rings. The lowest BCUT2D eigenvalue weighted by Gasteiger charge is -2.14. The summed E-state index contributed by atoms with van der Waals surface area (Å²) in [7, 11) is 1.60. The summed E-state index contributed by atoms with van der Waals surface area (Å²) in [5, 5.41) is 18.7. The van der Waals surface area contributed by atoms with Crippen LogP contribution in [0, 0.1) is 5.92 Å². The Hall–Kier alpha value is -1.35. The molecule has 1 aliphatic rings. The zero-order valence-corrected chi connectivity index (χ0v) is 9.69. The van der Waals surface area contributed by atoms with Crippen LogP contribution >= 0.6 is 0 Å². The number of ether oxygens (including phenoxy) is 1. The van der Waals surface area contributed by atoms with Crippen molar-refractivity contribution in [1.82, 2.24) is 5.32 Å². The van der Waals surface area contributed by atoms with E-state index in [1.807, 2.05) is 6.92 Å². The molecule has 0 bridgehead atoms. The predicted molar refractivity (Wildman–Crippen MR) is 53.1 cm³/mol. The first-order chi connectivity index (χ1) is 8.11. The topological polar surface area (TPSA) is 95.9 Å². The van der Waals surface area contributed by atoms with Gasteiger partial charge in [0.05, 0.1) is 6.10 Å². The fourth-order valence-electron chi connectivity index (χ4n) is 1.44. The Kier molecular flexibility index (Phi) is 6.06. The average molecular weight is 273 g/mol. The van der Waals surface area contributed by atoms with Gasteiger partial charge in [-0.05, 0) is 0 Å². The van der Waals surface area contributed by atoms with Crippen molar-refractivity contribution < 1.29 is 37.7 Å². The van der Waals surface area contributed by atoms with Crippen LogP contribution in [0.3, 0.4) is 0 Å². The Morgan fingerprint density at radius 2 is 1.78 bits per heavy atom. The summed E-state index contributed by atoms with van der Waals surface area (Å²) in [6.45, 7) is 2.52. The van der Waals surface area contributed by atoms with Gasteiger partial charge in [-0.3, -0.25) is 4.79 Å². The highest BCUT2D eigenvalue weighted by Gasteiger charge is 2.38. The number of hydrogen-bond donors (Lipinski definition) is 3. The van der Waals surface area contributed by atoms with Crippen molar-refractivity contribution in [2.45, 2.75) is 25.2 Å². The quantitative estimate of drug-likeness (QED) is 0.671. The lowest BCUT2D eigenvalue weighted by molar-refractivity contribution is -0.192. The second kappa shape index (κ2) is 6.55. The fraction of sp³-hybridized carbons (Fsp3) is 0.778. The molecule has 1 fully saturated rings. The summed E-state index contributed by atoms with van der Waals surface area (Å²) in [6, 6.07) is -0.444. The molecule has 0 spiro atoms. The van der Waals surface area contributed by atoms with Crippen LogP contribution in [-0.4, -0.2) is 54.1 Å². The van der Waals surface area contributed by atoms with Gasteiger partial charge in [0.25, 0.3) is 0 Å². The SMILES string of the molecule is CO[C@@H]1CN[C@H](C(=O)O)[C@H]1C.O=C(O)C(F)(F)F. The molecule has 1 heterocycles. The molecule has 18 heavy (non-hydrogen) atoms. The zero-order chi connectivity index (χ0) is 14.5. The summed E-state index contributed by atoms with van der Waals surface area (Å²) in [5.74, 6) is -3.50. The van der Waals surface area contributed by atoms with E-state index in [4.69, 9.17) is 19.7 Å². The molecule has 1 rings (SSSR count). The van der Waals surface area contributed by atoms with Crippen LogP contribution in [0.25, 0.3) is 0 Å². The molecular formula is C9H14F3NO5. The van der Waals surface area contributed by atoms with Crippen molar-refractivity contribution in [3.8, 4) is 0 Å². The molecule has 1 aliphatic heterocycles. The monoisotopic (exact) mass is 273 g/mol. The maximum atomic E-state index is 10.6. The van der Waals surface area contributed by atoms with E-state index in [0.29, 0.717) is 6.54 Å². The first-order valence-electron chi connectivity index (χ1n) is 4.90. The zero-order valence-electron chi connectivity index (χ0n) is 9.69. The van der Waals surface area contributed by atoms with Gasteiger partial charge in [0, 0.05) is 19.6 Å². The van der Waals surface area contributed by atoms with Crippen LogP contribution in [0.4, 0.5) is 13.2 Å². The maximum Gasteiger partial charge on any atom is 0.490 e. The minimum absolute atomic E-state index is 0.0381. The Bertz CT molecular complexity index is 307. The lowest BCUT2D eigenvalue weighted by atomic mass is 10.0. The van der Waals surface area contributed by atoms with E-state index < -0.39 is 24.2 Å². The fourth-order valence-corrected chi connectivity index (χ4v) is 1.44. The predicted octanol–water partition coefficient (Wildman–Crippen LogP) is 0.327. The van der Waals surface area contributed by atoms with E-state index in [9.17, 15) is 18.0 Å². The third kappa shape index (κ3) is 4.88. The maximum absolute atomic E-state index is 10.6. The summed E-state index contributed by atoms with van der Waals surface area (Å²) in [5.41, 5.74) is 0. The van der Waals surface area contributed by atoms with E-state index in [-0.39, 0.29) is 12.0 Å². The molecule has 0 radical (unpaired) electrons. The molecule has 6 nitrogen and oxygen atoms in total. The molecule has 0 amide bonds. The van der Waals surface area contributed by atoms with Gasteiger partial charge < -0.3 is 20.3 Å². The van der Waals surface area contributed by atoms with Gasteiger partial charge in [0.15, 0.2) is 0 Å². The van der Waals surface area contributed by atoms with Crippen molar-refractivity contribution in [3.05, 3.63) is 0 Å². The number of methoxy groups -OCH3 is 1. The van der Waals surface area contributed by atoms with Crippen molar-refractivity contribution >= 4 is 11.9 Å². The van der Waals surface area contributed by atoms with Gasteiger partial charge in [-0.2, -0.15) is 13.2 Å². The van der Waals surface area contributed by atoms with Crippen molar-refractivity contribution in [2.24, 2.45) is 5.92 Å². The van der Waals surface area contributed by atoms with E-state index in [0.717, 1.165) is 0 Å². The number of hydrogen-bond acceptors (Lipinski definition) is 4. The molecule has 1 saturated heterocycles. The number of aliphatic carboxylic acids is 2. The molecular weight excluding hydrogens is 259 g/mol.